The van der Waals surface area contributed by atoms with Gasteiger partial charge >= 0.3 is 0 Å². The van der Waals surface area contributed by atoms with Crippen molar-refractivity contribution in [3.8, 4) is 0 Å². The summed E-state index contributed by atoms with van der Waals surface area (Å²) in [5, 5.41) is 3.84. The molecule has 2 rings (SSSR count). The van der Waals surface area contributed by atoms with Crippen LogP contribution in [0.4, 0.5) is 0 Å². The summed E-state index contributed by atoms with van der Waals surface area (Å²) in [6.45, 7) is 8.39. The number of nitrogens with zero attached hydrogens (tertiary/aromatic N) is 1. The molecule has 0 radical (unpaired) electrons. The maximum atomic E-state index is 12.1. The van der Waals surface area contributed by atoms with Gasteiger partial charge in [0.25, 0.3) is 0 Å². The van der Waals surface area contributed by atoms with Gasteiger partial charge in [-0.05, 0) is 31.7 Å². The van der Waals surface area contributed by atoms with Crippen molar-refractivity contribution >= 4 is 17.7 Å². The smallest absolute Gasteiger partial charge is 0.230 e. The van der Waals surface area contributed by atoms with Crippen LogP contribution in [0.1, 0.15) is 43.8 Å². The van der Waals surface area contributed by atoms with Gasteiger partial charge in [-0.15, -0.1) is 0 Å². The molecule has 0 aliphatic carbocycles. The Kier molecular flexibility index (Phi) is 6.28. The van der Waals surface area contributed by atoms with E-state index in [9.17, 15) is 4.79 Å². The molecule has 0 saturated heterocycles. The van der Waals surface area contributed by atoms with Gasteiger partial charge in [-0.25, -0.2) is 4.98 Å². The molecule has 0 aliphatic heterocycles. The van der Waals surface area contributed by atoms with Crippen molar-refractivity contribution in [3.63, 3.8) is 0 Å². The maximum Gasteiger partial charge on any atom is 0.230 e. The first-order chi connectivity index (χ1) is 11.0. The summed E-state index contributed by atoms with van der Waals surface area (Å²) >= 11 is 1.45. The second kappa shape index (κ2) is 8.20. The number of aromatic amines is 1. The Bertz CT molecular complexity index is 637. The number of carbonyl (C=O) groups is 1. The van der Waals surface area contributed by atoms with Gasteiger partial charge in [-0.1, -0.05) is 55.9 Å². The molecule has 1 aromatic carbocycles. The number of nitrogens with one attached hydrogen (secondary N) is 2. The molecule has 0 unspecified atom stereocenters. The minimum Gasteiger partial charge on any atom is -0.349 e. The van der Waals surface area contributed by atoms with E-state index < -0.39 is 0 Å². The molecule has 0 saturated carbocycles. The van der Waals surface area contributed by atoms with Gasteiger partial charge in [-0.2, -0.15) is 0 Å². The number of amides is 1. The number of imidazole rings is 1. The Labute approximate surface area is 142 Å². The normalized spacial score (nSPS) is 12.4. The molecule has 0 spiro atoms. The summed E-state index contributed by atoms with van der Waals surface area (Å²) in [6, 6.07) is 9.99. The molecule has 5 heteroatoms. The van der Waals surface area contributed by atoms with E-state index in [1.54, 1.807) is 0 Å². The first-order valence-electron chi connectivity index (χ1n) is 7.98. The number of rotatable bonds is 7. The second-order valence-electron chi connectivity index (χ2n) is 6.20. The molecule has 1 atom stereocenters. The number of benzene rings is 1. The second-order valence-corrected chi connectivity index (χ2v) is 7.16. The van der Waals surface area contributed by atoms with Crippen LogP contribution in [0.3, 0.4) is 0 Å². The van der Waals surface area contributed by atoms with E-state index in [2.05, 4.69) is 29.1 Å². The number of carbonyl (C=O) groups excluding carboxylic acids is 1. The Morgan fingerprint density at radius 3 is 2.61 bits per heavy atom. The third-order valence-electron chi connectivity index (χ3n) is 3.58. The Morgan fingerprint density at radius 1 is 1.26 bits per heavy atom. The number of H-pyrrole nitrogens is 1. The van der Waals surface area contributed by atoms with E-state index in [0.29, 0.717) is 11.7 Å². The summed E-state index contributed by atoms with van der Waals surface area (Å²) < 4.78 is 0. The van der Waals surface area contributed by atoms with Crippen LogP contribution in [0.2, 0.25) is 0 Å². The van der Waals surface area contributed by atoms with E-state index in [1.165, 1.54) is 11.8 Å². The quantitative estimate of drug-likeness (QED) is 0.757. The van der Waals surface area contributed by atoms with Crippen molar-refractivity contribution in [2.24, 2.45) is 5.92 Å². The zero-order valence-electron chi connectivity index (χ0n) is 14.2. The van der Waals surface area contributed by atoms with E-state index in [4.69, 9.17) is 0 Å². The first-order valence-corrected chi connectivity index (χ1v) is 8.97. The van der Waals surface area contributed by atoms with Gasteiger partial charge in [0.05, 0.1) is 17.5 Å². The Hall–Kier alpha value is -1.75. The van der Waals surface area contributed by atoms with Crippen molar-refractivity contribution in [2.45, 2.75) is 45.3 Å². The van der Waals surface area contributed by atoms with Gasteiger partial charge in [0.2, 0.25) is 5.91 Å². The van der Waals surface area contributed by atoms with Crippen LogP contribution in [0.5, 0.6) is 0 Å². The highest BCUT2D eigenvalue weighted by molar-refractivity contribution is 7.99. The highest BCUT2D eigenvalue weighted by Gasteiger charge is 2.12. The van der Waals surface area contributed by atoms with Crippen LogP contribution < -0.4 is 5.32 Å². The molecular formula is C18H25N3OS. The number of aromatic nitrogens is 2. The van der Waals surface area contributed by atoms with Crippen molar-refractivity contribution in [2.75, 3.05) is 5.75 Å². The lowest BCUT2D eigenvalue weighted by atomic mass is 10.1. The van der Waals surface area contributed by atoms with Gasteiger partial charge in [0.1, 0.15) is 0 Å². The number of hydrogen-bond acceptors (Lipinski definition) is 3. The molecular weight excluding hydrogens is 306 g/mol. The van der Waals surface area contributed by atoms with Crippen LogP contribution >= 0.6 is 11.8 Å². The molecule has 1 aromatic heterocycles. The molecule has 0 aliphatic rings. The molecule has 4 nitrogen and oxygen atoms in total. The molecule has 1 heterocycles. The monoisotopic (exact) mass is 331 g/mol. The molecule has 0 bridgehead atoms. The predicted molar refractivity (Wildman–Crippen MR) is 95.6 cm³/mol. The fourth-order valence-corrected chi connectivity index (χ4v) is 3.11. The Morgan fingerprint density at radius 2 is 1.96 bits per heavy atom. The van der Waals surface area contributed by atoms with Gasteiger partial charge in [-0.3, -0.25) is 4.79 Å². The van der Waals surface area contributed by atoms with E-state index in [-0.39, 0.29) is 11.9 Å². The largest absolute Gasteiger partial charge is 0.349 e. The summed E-state index contributed by atoms with van der Waals surface area (Å²) in [4.78, 5) is 19.9. The van der Waals surface area contributed by atoms with Crippen molar-refractivity contribution in [1.82, 2.24) is 15.3 Å². The average molecular weight is 331 g/mol. The minimum atomic E-state index is 0.0131. The lowest BCUT2D eigenvalue weighted by Crippen LogP contribution is -2.28. The predicted octanol–water partition coefficient (Wildman–Crippen LogP) is 3.89. The third-order valence-corrected chi connectivity index (χ3v) is 4.46. The fraction of sp³-hybridized carbons (Fsp3) is 0.444. The van der Waals surface area contributed by atoms with Gasteiger partial charge in [0.15, 0.2) is 5.16 Å². The maximum absolute atomic E-state index is 12.1. The van der Waals surface area contributed by atoms with Crippen LogP contribution in [-0.4, -0.2) is 21.6 Å². The van der Waals surface area contributed by atoms with Crippen molar-refractivity contribution in [3.05, 3.63) is 47.3 Å². The Balaban J connectivity index is 1.85. The van der Waals surface area contributed by atoms with Gasteiger partial charge < -0.3 is 10.3 Å². The summed E-state index contributed by atoms with van der Waals surface area (Å²) in [5.41, 5.74) is 3.30. The number of thioether (sulfide) groups is 1. The van der Waals surface area contributed by atoms with E-state index in [0.717, 1.165) is 28.5 Å². The van der Waals surface area contributed by atoms with E-state index in [1.807, 2.05) is 44.2 Å². The highest BCUT2D eigenvalue weighted by Crippen LogP contribution is 2.19. The zero-order valence-corrected chi connectivity index (χ0v) is 15.0. The third kappa shape index (κ3) is 5.43. The van der Waals surface area contributed by atoms with Crippen LogP contribution in [0.15, 0.2) is 35.5 Å². The fourth-order valence-electron chi connectivity index (χ4n) is 2.36. The SMILES string of the molecule is Cc1[nH]c(SCC(=O)N[C@H](C)c2ccccc2)nc1CC(C)C. The van der Waals surface area contributed by atoms with Crippen molar-refractivity contribution < 1.29 is 4.79 Å². The lowest BCUT2D eigenvalue weighted by molar-refractivity contribution is -0.119. The summed E-state index contributed by atoms with van der Waals surface area (Å²) in [6.07, 6.45) is 0.958. The van der Waals surface area contributed by atoms with Crippen LogP contribution in [0, 0.1) is 12.8 Å². The number of hydrogen-bond donors (Lipinski definition) is 2. The van der Waals surface area contributed by atoms with Crippen LogP contribution in [-0.2, 0) is 11.2 Å². The topological polar surface area (TPSA) is 57.8 Å². The molecule has 2 aromatic rings. The lowest BCUT2D eigenvalue weighted by Gasteiger charge is -2.13. The highest BCUT2D eigenvalue weighted by atomic mass is 32.2. The summed E-state index contributed by atoms with van der Waals surface area (Å²) in [7, 11) is 0. The molecule has 23 heavy (non-hydrogen) atoms. The molecule has 0 fully saturated rings. The first kappa shape index (κ1) is 17.6. The minimum absolute atomic E-state index is 0.0131. The molecule has 2 N–H and O–H groups in total. The standard InChI is InChI=1S/C18H25N3OS/c1-12(2)10-16-14(4)20-18(21-16)23-11-17(22)19-13(3)15-8-6-5-7-9-15/h5-9,12-13H,10-11H2,1-4H3,(H,19,22)(H,20,21)/t13-/m1/s1. The molecule has 1 amide bonds. The van der Waals surface area contributed by atoms with Gasteiger partial charge in [0, 0.05) is 5.69 Å². The van der Waals surface area contributed by atoms with E-state index >= 15 is 0 Å². The van der Waals surface area contributed by atoms with Crippen LogP contribution in [0.25, 0.3) is 0 Å². The average Bonchev–Trinajstić information content (AvgIpc) is 2.85. The van der Waals surface area contributed by atoms with Crippen molar-refractivity contribution in [1.29, 1.82) is 0 Å². The number of aryl methyl sites for hydroxylation is 1. The zero-order chi connectivity index (χ0) is 16.8. The molecule has 124 valence electrons. The summed E-state index contributed by atoms with van der Waals surface area (Å²) in [5.74, 6) is 0.960.